The van der Waals surface area contributed by atoms with Crippen molar-refractivity contribution in [2.75, 3.05) is 39.8 Å². The molecule has 5 nitrogen and oxygen atoms in total. The predicted octanol–water partition coefficient (Wildman–Crippen LogP) is 3.05. The molecule has 1 N–H and O–H groups in total. The van der Waals surface area contributed by atoms with Gasteiger partial charge in [0.1, 0.15) is 5.82 Å². The summed E-state index contributed by atoms with van der Waals surface area (Å²) < 4.78 is 14.0. The van der Waals surface area contributed by atoms with Gasteiger partial charge in [0.05, 0.1) is 11.6 Å². The van der Waals surface area contributed by atoms with Crippen molar-refractivity contribution >= 4 is 29.9 Å². The van der Waals surface area contributed by atoms with Crippen LogP contribution in [0.25, 0.3) is 0 Å². The molecule has 0 aliphatic carbocycles. The second-order valence-corrected chi connectivity index (χ2v) is 6.41. The van der Waals surface area contributed by atoms with Gasteiger partial charge in [-0.3, -0.25) is 4.99 Å². The smallest absolute Gasteiger partial charge is 0.193 e. The molecular weight excluding hydrogens is 444 g/mol. The van der Waals surface area contributed by atoms with Gasteiger partial charge >= 0.3 is 0 Å². The topological polar surface area (TPSA) is 54.7 Å². The first-order valence-electron chi connectivity index (χ1n) is 8.97. The highest BCUT2D eigenvalue weighted by Crippen LogP contribution is 2.18. The normalized spacial score (nSPS) is 17.2. The number of rotatable bonds is 6. The van der Waals surface area contributed by atoms with E-state index in [0.29, 0.717) is 23.6 Å². The van der Waals surface area contributed by atoms with Crippen LogP contribution in [0.1, 0.15) is 31.4 Å². The molecule has 0 amide bonds. The van der Waals surface area contributed by atoms with Gasteiger partial charge in [-0.2, -0.15) is 5.26 Å². The number of aliphatic imine (C=N–C) groups is 1. The van der Waals surface area contributed by atoms with Crippen LogP contribution in [0.3, 0.4) is 0 Å². The molecule has 1 unspecified atom stereocenters. The highest BCUT2D eigenvalue weighted by atomic mass is 127. The van der Waals surface area contributed by atoms with E-state index >= 15 is 0 Å². The Morgan fingerprint density at radius 3 is 2.73 bits per heavy atom. The van der Waals surface area contributed by atoms with Crippen LogP contribution < -0.4 is 5.32 Å². The summed E-state index contributed by atoms with van der Waals surface area (Å²) in [4.78, 5) is 9.05. The number of halogens is 2. The monoisotopic (exact) mass is 473 g/mol. The highest BCUT2D eigenvalue weighted by molar-refractivity contribution is 14.0. The number of guanidine groups is 1. The second kappa shape index (κ2) is 11.3. The fourth-order valence-corrected chi connectivity index (χ4v) is 3.29. The molecule has 1 aromatic carbocycles. The molecule has 144 valence electrons. The molecule has 26 heavy (non-hydrogen) atoms. The predicted molar refractivity (Wildman–Crippen MR) is 114 cm³/mol. The van der Waals surface area contributed by atoms with Gasteiger partial charge in [0, 0.05) is 38.8 Å². The number of nitrogens with zero attached hydrogens (tertiary/aromatic N) is 4. The summed E-state index contributed by atoms with van der Waals surface area (Å²) in [7, 11) is 1.76. The molecule has 0 radical (unpaired) electrons. The molecule has 1 fully saturated rings. The minimum Gasteiger partial charge on any atom is -0.352 e. The molecule has 0 bridgehead atoms. The fourth-order valence-electron chi connectivity index (χ4n) is 3.29. The minimum absolute atomic E-state index is 0. The number of hydrogen-bond acceptors (Lipinski definition) is 3. The Kier molecular flexibility index (Phi) is 9.88. The molecule has 1 aliphatic rings. The molecule has 7 heteroatoms. The third-order valence-electron chi connectivity index (χ3n) is 4.83. The maximum Gasteiger partial charge on any atom is 0.193 e. The van der Waals surface area contributed by atoms with Gasteiger partial charge in [-0.1, -0.05) is 19.9 Å². The fraction of sp³-hybridized carbons (Fsp3) is 0.579. The van der Waals surface area contributed by atoms with Crippen LogP contribution in [-0.2, 0) is 6.54 Å². The molecule has 0 saturated carbocycles. The third kappa shape index (κ3) is 6.09. The van der Waals surface area contributed by atoms with Crippen LogP contribution in [0.5, 0.6) is 0 Å². The van der Waals surface area contributed by atoms with E-state index in [4.69, 9.17) is 5.26 Å². The zero-order valence-corrected chi connectivity index (χ0v) is 18.2. The lowest BCUT2D eigenvalue weighted by molar-refractivity contribution is 0.255. The van der Waals surface area contributed by atoms with Crippen molar-refractivity contribution in [2.24, 2.45) is 10.9 Å². The molecule has 0 spiro atoms. The highest BCUT2D eigenvalue weighted by Gasteiger charge is 2.25. The van der Waals surface area contributed by atoms with Crippen molar-refractivity contribution in [3.05, 3.63) is 35.1 Å². The summed E-state index contributed by atoms with van der Waals surface area (Å²) in [5, 5.41) is 12.1. The molecule has 0 aromatic heterocycles. The van der Waals surface area contributed by atoms with Crippen LogP contribution in [0.4, 0.5) is 4.39 Å². The molecule has 1 aliphatic heterocycles. The van der Waals surface area contributed by atoms with Crippen LogP contribution in [0.2, 0.25) is 0 Å². The Labute approximate surface area is 173 Å². The Balaban J connectivity index is 0.00000338. The van der Waals surface area contributed by atoms with E-state index in [0.717, 1.165) is 45.1 Å². The Bertz CT molecular complexity index is 639. The molecular formula is C19H29FIN5. The van der Waals surface area contributed by atoms with E-state index < -0.39 is 0 Å². The number of likely N-dealkylation sites (tertiary alicyclic amines) is 1. The summed E-state index contributed by atoms with van der Waals surface area (Å²) in [6.07, 6.45) is 1.16. The van der Waals surface area contributed by atoms with E-state index in [1.165, 1.54) is 6.07 Å². The largest absolute Gasteiger partial charge is 0.352 e. The second-order valence-electron chi connectivity index (χ2n) is 6.41. The van der Waals surface area contributed by atoms with Crippen LogP contribution in [0, 0.1) is 23.1 Å². The maximum atomic E-state index is 14.0. The van der Waals surface area contributed by atoms with Gasteiger partial charge in [0.2, 0.25) is 0 Å². The summed E-state index contributed by atoms with van der Waals surface area (Å²) in [6.45, 7) is 9.99. The minimum atomic E-state index is -0.358. The van der Waals surface area contributed by atoms with Gasteiger partial charge in [0.15, 0.2) is 5.96 Å². The van der Waals surface area contributed by atoms with E-state index in [9.17, 15) is 4.39 Å². The molecule has 1 atom stereocenters. The number of benzene rings is 1. The van der Waals surface area contributed by atoms with Crippen LogP contribution >= 0.6 is 24.0 Å². The Hall–Kier alpha value is -1.40. The Morgan fingerprint density at radius 1 is 1.42 bits per heavy atom. The first-order chi connectivity index (χ1) is 12.1. The van der Waals surface area contributed by atoms with Crippen molar-refractivity contribution in [3.8, 4) is 6.07 Å². The molecule has 2 rings (SSSR count). The van der Waals surface area contributed by atoms with E-state index in [1.807, 2.05) is 6.07 Å². The van der Waals surface area contributed by atoms with Gasteiger partial charge in [-0.15, -0.1) is 24.0 Å². The van der Waals surface area contributed by atoms with Gasteiger partial charge < -0.3 is 15.1 Å². The van der Waals surface area contributed by atoms with E-state index in [-0.39, 0.29) is 29.8 Å². The molecule has 1 heterocycles. The van der Waals surface area contributed by atoms with Crippen molar-refractivity contribution in [3.63, 3.8) is 0 Å². The average molecular weight is 473 g/mol. The summed E-state index contributed by atoms with van der Waals surface area (Å²) in [5.41, 5.74) is 0.878. The SMILES string of the molecule is CCN(CC)CC1CCN(C(=NC)NCc2ccc(C#N)cc2F)C1.I. The quantitative estimate of drug-likeness (QED) is 0.392. The maximum absolute atomic E-state index is 14.0. The Morgan fingerprint density at radius 2 is 2.15 bits per heavy atom. The zero-order valence-electron chi connectivity index (χ0n) is 15.8. The molecule has 1 saturated heterocycles. The number of nitrogens with one attached hydrogen (secondary N) is 1. The number of nitriles is 1. The first kappa shape index (κ1) is 22.6. The van der Waals surface area contributed by atoms with Crippen LogP contribution in [-0.4, -0.2) is 55.5 Å². The zero-order chi connectivity index (χ0) is 18.2. The summed E-state index contributed by atoms with van der Waals surface area (Å²) in [6, 6.07) is 6.51. The first-order valence-corrected chi connectivity index (χ1v) is 8.97. The lowest BCUT2D eigenvalue weighted by Crippen LogP contribution is -2.40. The summed E-state index contributed by atoms with van der Waals surface area (Å²) >= 11 is 0. The lowest BCUT2D eigenvalue weighted by Gasteiger charge is -2.24. The van der Waals surface area contributed by atoms with E-state index in [2.05, 4.69) is 34.0 Å². The van der Waals surface area contributed by atoms with E-state index in [1.54, 1.807) is 19.2 Å². The van der Waals surface area contributed by atoms with Crippen LogP contribution in [0.15, 0.2) is 23.2 Å². The average Bonchev–Trinajstić information content (AvgIpc) is 3.09. The van der Waals surface area contributed by atoms with Crippen molar-refractivity contribution < 1.29 is 4.39 Å². The van der Waals surface area contributed by atoms with Gasteiger partial charge in [0.25, 0.3) is 0 Å². The number of hydrogen-bond donors (Lipinski definition) is 1. The van der Waals surface area contributed by atoms with Gasteiger partial charge in [-0.25, -0.2) is 4.39 Å². The van der Waals surface area contributed by atoms with Gasteiger partial charge in [-0.05, 0) is 37.6 Å². The van der Waals surface area contributed by atoms with Crippen molar-refractivity contribution in [1.29, 1.82) is 5.26 Å². The van der Waals surface area contributed by atoms with Crippen molar-refractivity contribution in [2.45, 2.75) is 26.8 Å². The lowest BCUT2D eigenvalue weighted by atomic mass is 10.1. The standard InChI is InChI=1S/C19H28FN5.HI/c1-4-24(5-2)13-16-8-9-25(14-16)19(22-3)23-12-17-7-6-15(11-21)10-18(17)20;/h6-7,10,16H,4-5,8-9,12-14H2,1-3H3,(H,22,23);1H. The van der Waals surface area contributed by atoms with Crippen molar-refractivity contribution in [1.82, 2.24) is 15.1 Å². The molecule has 1 aromatic rings. The third-order valence-corrected chi connectivity index (χ3v) is 4.83. The summed E-state index contributed by atoms with van der Waals surface area (Å²) in [5.74, 6) is 1.10.